The molecule has 3 aromatic rings. The van der Waals surface area contributed by atoms with E-state index in [1.165, 1.54) is 14.2 Å². The van der Waals surface area contributed by atoms with Crippen molar-refractivity contribution in [3.05, 3.63) is 53.3 Å². The Hall–Kier alpha value is -3.59. The molecule has 0 saturated carbocycles. The van der Waals surface area contributed by atoms with E-state index in [4.69, 9.17) is 21.1 Å². The van der Waals surface area contributed by atoms with Crippen molar-refractivity contribution in [2.75, 3.05) is 32.6 Å². The van der Waals surface area contributed by atoms with E-state index < -0.39 is 0 Å². The Bertz CT molecular complexity index is 1140. The Labute approximate surface area is 196 Å². The topological polar surface area (TPSA) is 109 Å². The number of aromatic nitrogens is 3. The van der Waals surface area contributed by atoms with E-state index in [1.807, 2.05) is 18.2 Å². The molecule has 2 N–H and O–H groups in total. The number of carbonyl (C=O) groups excluding carboxylic acids is 2. The summed E-state index contributed by atoms with van der Waals surface area (Å²) in [6.45, 7) is 0.921. The monoisotopic (exact) mass is 469 g/mol. The van der Waals surface area contributed by atoms with Gasteiger partial charge in [-0.05, 0) is 31.0 Å². The first kappa shape index (κ1) is 22.6. The fourth-order valence-corrected chi connectivity index (χ4v) is 4.02. The molecule has 1 aliphatic heterocycles. The van der Waals surface area contributed by atoms with Gasteiger partial charge < -0.3 is 19.7 Å². The van der Waals surface area contributed by atoms with Gasteiger partial charge in [-0.15, -0.1) is 0 Å². The number of halogens is 1. The zero-order valence-corrected chi connectivity index (χ0v) is 19.1. The van der Waals surface area contributed by atoms with Crippen molar-refractivity contribution in [3.63, 3.8) is 0 Å². The van der Waals surface area contributed by atoms with E-state index in [2.05, 4.69) is 20.5 Å². The first-order valence-electron chi connectivity index (χ1n) is 10.5. The molecule has 1 saturated heterocycles. The molecule has 3 heterocycles. The van der Waals surface area contributed by atoms with Gasteiger partial charge in [-0.1, -0.05) is 17.7 Å². The summed E-state index contributed by atoms with van der Waals surface area (Å²) in [6.07, 6.45) is 2.75. The Morgan fingerprint density at radius 2 is 1.91 bits per heavy atom. The predicted molar refractivity (Wildman–Crippen MR) is 124 cm³/mol. The van der Waals surface area contributed by atoms with Crippen molar-refractivity contribution >= 4 is 29.1 Å². The number of carbonyl (C=O) groups is 2. The highest BCUT2D eigenvalue weighted by atomic mass is 35.5. The number of nitrogens with zero attached hydrogens (tertiary/aromatic N) is 3. The number of ether oxygens (including phenoxy) is 2. The summed E-state index contributed by atoms with van der Waals surface area (Å²) in [4.78, 5) is 31.7. The number of rotatable bonds is 6. The Kier molecular flexibility index (Phi) is 6.79. The number of piperidine rings is 1. The second-order valence-electron chi connectivity index (χ2n) is 7.62. The third-order valence-electron chi connectivity index (χ3n) is 5.62. The molecule has 0 radical (unpaired) electrons. The Balaban J connectivity index is 1.37. The van der Waals surface area contributed by atoms with Crippen molar-refractivity contribution in [2.24, 2.45) is 5.92 Å². The lowest BCUT2D eigenvalue weighted by Gasteiger charge is -2.31. The van der Waals surface area contributed by atoms with Crippen LogP contribution in [0.5, 0.6) is 11.5 Å². The van der Waals surface area contributed by atoms with Gasteiger partial charge in [0.2, 0.25) is 5.91 Å². The molecule has 2 aromatic heterocycles. The second kappa shape index (κ2) is 9.91. The average molecular weight is 470 g/mol. The van der Waals surface area contributed by atoms with Crippen LogP contribution in [0.4, 0.5) is 5.69 Å². The molecule has 0 unspecified atom stereocenters. The molecule has 0 bridgehead atoms. The molecule has 0 aliphatic carbocycles. The summed E-state index contributed by atoms with van der Waals surface area (Å²) in [6, 6.07) is 10.5. The van der Waals surface area contributed by atoms with Gasteiger partial charge in [0.05, 0.1) is 24.9 Å². The van der Waals surface area contributed by atoms with E-state index in [0.717, 1.165) is 0 Å². The van der Waals surface area contributed by atoms with Crippen LogP contribution in [0.2, 0.25) is 5.02 Å². The normalized spacial score (nSPS) is 14.1. The maximum absolute atomic E-state index is 12.9. The van der Waals surface area contributed by atoms with Crippen molar-refractivity contribution < 1.29 is 19.1 Å². The Morgan fingerprint density at radius 3 is 2.58 bits per heavy atom. The summed E-state index contributed by atoms with van der Waals surface area (Å²) in [5.74, 6) is 0.396. The van der Waals surface area contributed by atoms with E-state index in [1.54, 1.807) is 29.3 Å². The Morgan fingerprint density at radius 1 is 1.12 bits per heavy atom. The van der Waals surface area contributed by atoms with Crippen LogP contribution in [-0.2, 0) is 4.79 Å². The van der Waals surface area contributed by atoms with Crippen LogP contribution < -0.4 is 14.8 Å². The van der Waals surface area contributed by atoms with Gasteiger partial charge in [0.15, 0.2) is 0 Å². The molecule has 9 nitrogen and oxygen atoms in total. The molecule has 2 amide bonds. The van der Waals surface area contributed by atoms with Crippen LogP contribution in [-0.4, -0.2) is 59.2 Å². The summed E-state index contributed by atoms with van der Waals surface area (Å²) in [5, 5.41) is 10.2. The van der Waals surface area contributed by atoms with Crippen LogP contribution >= 0.6 is 11.6 Å². The number of amides is 2. The molecule has 1 aromatic carbocycles. The molecule has 33 heavy (non-hydrogen) atoms. The van der Waals surface area contributed by atoms with Crippen molar-refractivity contribution in [2.45, 2.75) is 12.8 Å². The largest absolute Gasteiger partial charge is 0.497 e. The van der Waals surface area contributed by atoms with Gasteiger partial charge in [0.25, 0.3) is 5.91 Å². The fraction of sp³-hybridized carbons (Fsp3) is 0.304. The molecule has 4 rings (SSSR count). The van der Waals surface area contributed by atoms with Crippen molar-refractivity contribution in [3.8, 4) is 22.9 Å². The van der Waals surface area contributed by atoms with Crippen molar-refractivity contribution in [1.29, 1.82) is 0 Å². The standard InChI is InChI=1S/C23H24ClN5O4/c1-32-15-11-16(24)21(20(12-15)33-2)26-22(30)14-6-9-29(10-7-14)23(31)19-13-18(27-28-19)17-5-3-4-8-25-17/h3-5,8,11-14H,6-7,9-10H2,1-2H3,(H,26,30)(H,27,28). The highest BCUT2D eigenvalue weighted by Gasteiger charge is 2.29. The molecule has 172 valence electrons. The number of hydrogen-bond donors (Lipinski definition) is 2. The minimum absolute atomic E-state index is 0.150. The molecule has 10 heteroatoms. The quantitative estimate of drug-likeness (QED) is 0.570. The number of H-pyrrole nitrogens is 1. The van der Waals surface area contributed by atoms with Crippen LogP contribution in [0.25, 0.3) is 11.4 Å². The number of aromatic amines is 1. The smallest absolute Gasteiger partial charge is 0.271 e. The van der Waals surface area contributed by atoms with E-state index in [0.29, 0.717) is 65.2 Å². The lowest BCUT2D eigenvalue weighted by molar-refractivity contribution is -0.121. The van der Waals surface area contributed by atoms with E-state index in [-0.39, 0.29) is 17.7 Å². The summed E-state index contributed by atoms with van der Waals surface area (Å²) >= 11 is 6.31. The third kappa shape index (κ3) is 4.93. The number of hydrogen-bond acceptors (Lipinski definition) is 6. The lowest BCUT2D eigenvalue weighted by atomic mass is 9.95. The van der Waals surface area contributed by atoms with E-state index >= 15 is 0 Å². The fourth-order valence-electron chi connectivity index (χ4n) is 3.78. The number of benzene rings is 1. The molecule has 1 aliphatic rings. The summed E-state index contributed by atoms with van der Waals surface area (Å²) in [7, 11) is 3.03. The van der Waals surface area contributed by atoms with Crippen LogP contribution in [0.15, 0.2) is 42.6 Å². The number of pyridine rings is 1. The van der Waals surface area contributed by atoms with Gasteiger partial charge in [0.1, 0.15) is 28.6 Å². The first-order valence-corrected chi connectivity index (χ1v) is 10.9. The molecular weight excluding hydrogens is 446 g/mol. The van der Waals surface area contributed by atoms with E-state index in [9.17, 15) is 9.59 Å². The lowest BCUT2D eigenvalue weighted by Crippen LogP contribution is -2.41. The molecule has 0 spiro atoms. The molecule has 1 fully saturated rings. The first-order chi connectivity index (χ1) is 16.0. The number of anilines is 1. The second-order valence-corrected chi connectivity index (χ2v) is 8.03. The summed E-state index contributed by atoms with van der Waals surface area (Å²) in [5.41, 5.74) is 2.10. The highest BCUT2D eigenvalue weighted by molar-refractivity contribution is 6.34. The van der Waals surface area contributed by atoms with Crippen LogP contribution in [0, 0.1) is 5.92 Å². The predicted octanol–water partition coefficient (Wildman–Crippen LogP) is 3.63. The average Bonchev–Trinajstić information content (AvgIpc) is 3.35. The highest BCUT2D eigenvalue weighted by Crippen LogP contribution is 2.37. The van der Waals surface area contributed by atoms with Gasteiger partial charge in [-0.3, -0.25) is 19.7 Å². The minimum Gasteiger partial charge on any atom is -0.497 e. The maximum Gasteiger partial charge on any atom is 0.271 e. The molecular formula is C23H24ClN5O4. The third-order valence-corrected chi connectivity index (χ3v) is 5.92. The van der Waals surface area contributed by atoms with Crippen molar-refractivity contribution in [1.82, 2.24) is 20.1 Å². The SMILES string of the molecule is COc1cc(Cl)c(NC(=O)C2CCN(C(=O)c3cc(-c4ccccn4)n[nH]3)CC2)c(OC)c1. The minimum atomic E-state index is -0.247. The van der Waals surface area contributed by atoms with Gasteiger partial charge >= 0.3 is 0 Å². The zero-order chi connectivity index (χ0) is 23.4. The van der Waals surface area contributed by atoms with Gasteiger partial charge in [-0.25, -0.2) is 0 Å². The zero-order valence-electron chi connectivity index (χ0n) is 18.3. The number of methoxy groups -OCH3 is 2. The number of nitrogens with one attached hydrogen (secondary N) is 2. The van der Waals surface area contributed by atoms with Crippen LogP contribution in [0.1, 0.15) is 23.3 Å². The van der Waals surface area contributed by atoms with Crippen LogP contribution in [0.3, 0.4) is 0 Å². The number of likely N-dealkylation sites (tertiary alicyclic amines) is 1. The molecule has 0 atom stereocenters. The summed E-state index contributed by atoms with van der Waals surface area (Å²) < 4.78 is 10.5. The maximum atomic E-state index is 12.9. The van der Waals surface area contributed by atoms with Gasteiger partial charge in [-0.2, -0.15) is 5.10 Å². The van der Waals surface area contributed by atoms with Gasteiger partial charge in [0, 0.05) is 37.3 Å².